The Balaban J connectivity index is 0.00000208. The Morgan fingerprint density at radius 1 is 1.25 bits per heavy atom. The molecule has 1 saturated heterocycles. The smallest absolute Gasteiger partial charge is 0.243 e. The molecule has 0 bridgehead atoms. The minimum Gasteiger partial charge on any atom is -0.381 e. The highest BCUT2D eigenvalue weighted by Crippen LogP contribution is 2.26. The maximum absolute atomic E-state index is 12.6. The van der Waals surface area contributed by atoms with Gasteiger partial charge in [-0.3, -0.25) is 4.68 Å². The molecule has 0 radical (unpaired) electrons. The van der Waals surface area contributed by atoms with E-state index in [2.05, 4.69) is 9.82 Å². The number of nitrogens with two attached hydrogens (primary N) is 1. The zero-order valence-electron chi connectivity index (χ0n) is 13.8. The molecule has 0 aromatic carbocycles. The highest BCUT2D eigenvalue weighted by atomic mass is 35.5. The molecule has 3 rings (SSSR count). The van der Waals surface area contributed by atoms with E-state index in [0.29, 0.717) is 19.8 Å². The third kappa shape index (κ3) is 4.49. The van der Waals surface area contributed by atoms with Gasteiger partial charge in [-0.25, -0.2) is 13.1 Å². The first-order valence-electron chi connectivity index (χ1n) is 8.44. The molecule has 24 heavy (non-hydrogen) atoms. The fourth-order valence-corrected chi connectivity index (χ4v) is 4.80. The first kappa shape index (κ1) is 19.7. The monoisotopic (exact) mass is 378 g/mol. The molecule has 2 unspecified atom stereocenters. The van der Waals surface area contributed by atoms with Crippen LogP contribution in [-0.2, 0) is 14.8 Å². The highest BCUT2D eigenvalue weighted by molar-refractivity contribution is 7.89. The van der Waals surface area contributed by atoms with Crippen molar-refractivity contribution in [3.05, 3.63) is 12.4 Å². The number of rotatable bonds is 5. The number of hydrogen-bond acceptors (Lipinski definition) is 5. The molecule has 2 heterocycles. The topological polar surface area (TPSA) is 99.2 Å². The van der Waals surface area contributed by atoms with Crippen molar-refractivity contribution in [3.8, 4) is 0 Å². The second-order valence-electron chi connectivity index (χ2n) is 6.51. The molecular weight excluding hydrogens is 352 g/mol. The van der Waals surface area contributed by atoms with E-state index in [4.69, 9.17) is 10.5 Å². The van der Waals surface area contributed by atoms with E-state index >= 15 is 0 Å². The molecule has 1 aliphatic carbocycles. The second-order valence-corrected chi connectivity index (χ2v) is 8.22. The fourth-order valence-electron chi connectivity index (χ4n) is 3.52. The van der Waals surface area contributed by atoms with Crippen molar-refractivity contribution in [1.82, 2.24) is 14.5 Å². The van der Waals surface area contributed by atoms with Crippen molar-refractivity contribution in [2.24, 2.45) is 11.7 Å². The van der Waals surface area contributed by atoms with Crippen LogP contribution in [0, 0.1) is 5.92 Å². The number of sulfonamides is 1. The lowest BCUT2D eigenvalue weighted by atomic mass is 9.85. The SMILES string of the molecule is Cl.NCC1CCCCC1NS(=O)(=O)c1cnn(C2CCOCC2)c1. The van der Waals surface area contributed by atoms with Crippen LogP contribution < -0.4 is 10.5 Å². The lowest BCUT2D eigenvalue weighted by Gasteiger charge is -2.30. The average molecular weight is 379 g/mol. The van der Waals surface area contributed by atoms with Crippen LogP contribution in [-0.4, -0.2) is 44.0 Å². The molecule has 9 heteroatoms. The van der Waals surface area contributed by atoms with E-state index in [-0.39, 0.29) is 35.3 Å². The molecule has 1 aliphatic heterocycles. The molecule has 7 nitrogen and oxygen atoms in total. The van der Waals surface area contributed by atoms with Crippen molar-refractivity contribution in [3.63, 3.8) is 0 Å². The molecule has 2 aliphatic rings. The maximum atomic E-state index is 12.6. The summed E-state index contributed by atoms with van der Waals surface area (Å²) in [5.74, 6) is 0.226. The third-order valence-corrected chi connectivity index (χ3v) is 6.42. The molecule has 138 valence electrons. The van der Waals surface area contributed by atoms with Gasteiger partial charge in [-0.05, 0) is 38.1 Å². The third-order valence-electron chi connectivity index (χ3n) is 4.97. The molecule has 3 N–H and O–H groups in total. The number of nitrogens with zero attached hydrogens (tertiary/aromatic N) is 2. The lowest BCUT2D eigenvalue weighted by molar-refractivity contribution is 0.0662. The number of aromatic nitrogens is 2. The van der Waals surface area contributed by atoms with Gasteiger partial charge in [-0.15, -0.1) is 12.4 Å². The van der Waals surface area contributed by atoms with Crippen LogP contribution in [0.3, 0.4) is 0 Å². The van der Waals surface area contributed by atoms with Gasteiger partial charge in [0, 0.05) is 25.5 Å². The van der Waals surface area contributed by atoms with Gasteiger partial charge in [0.1, 0.15) is 4.90 Å². The Kier molecular flexibility index (Phi) is 7.06. The maximum Gasteiger partial charge on any atom is 0.243 e. The van der Waals surface area contributed by atoms with Crippen molar-refractivity contribution in [2.45, 2.75) is 55.5 Å². The number of ether oxygens (including phenoxy) is 1. The summed E-state index contributed by atoms with van der Waals surface area (Å²) in [7, 11) is -3.54. The summed E-state index contributed by atoms with van der Waals surface area (Å²) < 4.78 is 35.2. The van der Waals surface area contributed by atoms with Crippen molar-refractivity contribution in [2.75, 3.05) is 19.8 Å². The first-order valence-corrected chi connectivity index (χ1v) is 9.93. The molecule has 0 spiro atoms. The Labute approximate surface area is 149 Å². The largest absolute Gasteiger partial charge is 0.381 e. The van der Waals surface area contributed by atoms with Gasteiger partial charge in [-0.1, -0.05) is 12.8 Å². The zero-order chi connectivity index (χ0) is 16.3. The van der Waals surface area contributed by atoms with Crippen LogP contribution in [0.1, 0.15) is 44.6 Å². The Morgan fingerprint density at radius 2 is 1.96 bits per heavy atom. The van der Waals surface area contributed by atoms with Crippen LogP contribution in [0.5, 0.6) is 0 Å². The Morgan fingerprint density at radius 3 is 2.67 bits per heavy atom. The molecule has 2 fully saturated rings. The van der Waals surface area contributed by atoms with E-state index in [0.717, 1.165) is 38.5 Å². The lowest BCUT2D eigenvalue weighted by Crippen LogP contribution is -2.44. The summed E-state index contributed by atoms with van der Waals surface area (Å²) in [6, 6.07) is 0.157. The van der Waals surface area contributed by atoms with Gasteiger partial charge in [0.15, 0.2) is 0 Å². The van der Waals surface area contributed by atoms with Crippen molar-refractivity contribution < 1.29 is 13.2 Å². The van der Waals surface area contributed by atoms with E-state index in [9.17, 15) is 8.42 Å². The van der Waals surface area contributed by atoms with Gasteiger partial charge in [0.25, 0.3) is 0 Å². The summed E-state index contributed by atoms with van der Waals surface area (Å²) in [6.07, 6.45) is 8.84. The zero-order valence-corrected chi connectivity index (χ0v) is 15.4. The van der Waals surface area contributed by atoms with E-state index in [1.54, 1.807) is 10.9 Å². The normalized spacial score (nSPS) is 26.0. The standard InChI is InChI=1S/C15H26N4O3S.ClH/c16-9-12-3-1-2-4-15(12)18-23(20,21)14-10-17-19(11-14)13-5-7-22-8-6-13;/h10-13,15,18H,1-9,16H2;1H. The van der Waals surface area contributed by atoms with E-state index < -0.39 is 10.0 Å². The van der Waals surface area contributed by atoms with E-state index in [1.165, 1.54) is 6.20 Å². The Bertz CT molecular complexity index is 616. The molecular formula is C15H27ClN4O3S. The van der Waals surface area contributed by atoms with Crippen LogP contribution in [0.25, 0.3) is 0 Å². The summed E-state index contributed by atoms with van der Waals surface area (Å²) in [4.78, 5) is 0.241. The molecule has 1 aromatic rings. The predicted molar refractivity (Wildman–Crippen MR) is 93.7 cm³/mol. The average Bonchev–Trinajstić information content (AvgIpc) is 3.07. The molecule has 0 amide bonds. The summed E-state index contributed by atoms with van der Waals surface area (Å²) >= 11 is 0. The van der Waals surface area contributed by atoms with Gasteiger partial charge >= 0.3 is 0 Å². The predicted octanol–water partition coefficient (Wildman–Crippen LogP) is 1.45. The van der Waals surface area contributed by atoms with Gasteiger partial charge < -0.3 is 10.5 Å². The molecule has 1 saturated carbocycles. The van der Waals surface area contributed by atoms with Crippen molar-refractivity contribution >= 4 is 22.4 Å². The molecule has 1 aromatic heterocycles. The first-order chi connectivity index (χ1) is 11.1. The minimum atomic E-state index is -3.54. The van der Waals surface area contributed by atoms with Crippen LogP contribution >= 0.6 is 12.4 Å². The summed E-state index contributed by atoms with van der Waals surface area (Å²) in [5, 5.41) is 4.26. The van der Waals surface area contributed by atoms with Crippen LogP contribution in [0.15, 0.2) is 17.3 Å². The highest BCUT2D eigenvalue weighted by Gasteiger charge is 2.29. The van der Waals surface area contributed by atoms with E-state index in [1.807, 2.05) is 0 Å². The van der Waals surface area contributed by atoms with Crippen LogP contribution in [0.2, 0.25) is 0 Å². The second kappa shape index (κ2) is 8.62. The number of nitrogens with one attached hydrogen (secondary N) is 1. The van der Waals surface area contributed by atoms with Crippen molar-refractivity contribution in [1.29, 1.82) is 0 Å². The fraction of sp³-hybridized carbons (Fsp3) is 0.800. The van der Waals surface area contributed by atoms with Gasteiger partial charge in [0.05, 0.1) is 12.2 Å². The number of hydrogen-bond donors (Lipinski definition) is 2. The minimum absolute atomic E-state index is 0. The number of halogens is 1. The van der Waals surface area contributed by atoms with Gasteiger partial charge in [0.2, 0.25) is 10.0 Å². The molecule has 2 atom stereocenters. The Hall–Kier alpha value is -0.670. The van der Waals surface area contributed by atoms with Crippen LogP contribution in [0.4, 0.5) is 0 Å². The summed E-state index contributed by atoms with van der Waals surface area (Å²) in [6.45, 7) is 1.92. The van der Waals surface area contributed by atoms with Gasteiger partial charge in [-0.2, -0.15) is 5.10 Å². The quantitative estimate of drug-likeness (QED) is 0.807. The summed E-state index contributed by atoms with van der Waals surface area (Å²) in [5.41, 5.74) is 5.79.